The van der Waals surface area contributed by atoms with E-state index in [4.69, 9.17) is 4.42 Å². The van der Waals surface area contributed by atoms with Crippen LogP contribution in [0.15, 0.2) is 71.8 Å². The number of aromatic nitrogens is 1. The van der Waals surface area contributed by atoms with E-state index < -0.39 is 0 Å². The predicted molar refractivity (Wildman–Crippen MR) is 91.0 cm³/mol. The third-order valence-corrected chi connectivity index (χ3v) is 2.93. The van der Waals surface area contributed by atoms with Crippen molar-refractivity contribution in [1.29, 1.82) is 0 Å². The lowest BCUT2D eigenvalue weighted by atomic mass is 10.1. The monoisotopic (exact) mass is 281 g/mol. The number of rotatable bonds is 7. The molecule has 1 heterocycles. The Morgan fingerprint density at radius 1 is 1.19 bits per heavy atom. The second kappa shape index (κ2) is 8.75. The topological polar surface area (TPSA) is 26.0 Å². The van der Waals surface area contributed by atoms with E-state index in [1.54, 1.807) is 6.08 Å². The summed E-state index contributed by atoms with van der Waals surface area (Å²) in [4.78, 5) is 4.58. The summed E-state index contributed by atoms with van der Waals surface area (Å²) < 4.78 is 5.75. The molecule has 0 aromatic carbocycles. The summed E-state index contributed by atoms with van der Waals surface area (Å²) in [6.07, 6.45) is 16.0. The molecule has 0 saturated carbocycles. The molecule has 0 fully saturated rings. The van der Waals surface area contributed by atoms with Crippen LogP contribution in [-0.2, 0) is 6.42 Å². The van der Waals surface area contributed by atoms with Crippen molar-refractivity contribution in [2.24, 2.45) is 0 Å². The molecule has 2 nitrogen and oxygen atoms in total. The SMILES string of the molecule is C=C/C=C\C=C(/C)c1nc(C/C(C=C)=C/C=C\C)oc1C. The average molecular weight is 281 g/mol. The molecule has 21 heavy (non-hydrogen) atoms. The molecule has 0 unspecified atom stereocenters. The maximum Gasteiger partial charge on any atom is 0.199 e. The van der Waals surface area contributed by atoms with Gasteiger partial charge in [-0.3, -0.25) is 0 Å². The molecule has 2 heteroatoms. The van der Waals surface area contributed by atoms with E-state index in [2.05, 4.69) is 18.1 Å². The normalized spacial score (nSPS) is 13.3. The number of allylic oxidation sites excluding steroid dienone is 10. The summed E-state index contributed by atoms with van der Waals surface area (Å²) >= 11 is 0. The van der Waals surface area contributed by atoms with Gasteiger partial charge in [0.05, 0.1) is 0 Å². The van der Waals surface area contributed by atoms with Gasteiger partial charge < -0.3 is 4.42 Å². The fourth-order valence-electron chi connectivity index (χ4n) is 1.84. The fraction of sp³-hybridized carbons (Fsp3) is 0.211. The van der Waals surface area contributed by atoms with Gasteiger partial charge in [-0.05, 0) is 31.9 Å². The molecule has 0 amide bonds. The van der Waals surface area contributed by atoms with Crippen LogP contribution in [0.1, 0.15) is 31.2 Å². The zero-order valence-corrected chi connectivity index (χ0v) is 13.1. The van der Waals surface area contributed by atoms with Crippen molar-refractivity contribution in [3.63, 3.8) is 0 Å². The highest BCUT2D eigenvalue weighted by atomic mass is 16.4. The summed E-state index contributed by atoms with van der Waals surface area (Å²) in [5, 5.41) is 0. The summed E-state index contributed by atoms with van der Waals surface area (Å²) in [5.74, 6) is 1.54. The van der Waals surface area contributed by atoms with Crippen LogP contribution in [0, 0.1) is 6.92 Å². The number of nitrogens with zero attached hydrogens (tertiary/aromatic N) is 1. The lowest BCUT2D eigenvalue weighted by Crippen LogP contribution is -1.89. The van der Waals surface area contributed by atoms with Crippen molar-refractivity contribution in [2.75, 3.05) is 0 Å². The van der Waals surface area contributed by atoms with E-state index in [0.717, 1.165) is 22.6 Å². The highest BCUT2D eigenvalue weighted by Gasteiger charge is 2.11. The first-order valence-corrected chi connectivity index (χ1v) is 6.99. The van der Waals surface area contributed by atoms with E-state index in [1.165, 1.54) is 0 Å². The maximum absolute atomic E-state index is 5.75. The van der Waals surface area contributed by atoms with Gasteiger partial charge in [-0.15, -0.1) is 0 Å². The third kappa shape index (κ3) is 5.27. The van der Waals surface area contributed by atoms with Gasteiger partial charge in [0.25, 0.3) is 0 Å². The Kier molecular flexibility index (Phi) is 6.96. The molecule has 0 bridgehead atoms. The van der Waals surface area contributed by atoms with Gasteiger partial charge in [-0.1, -0.05) is 61.8 Å². The zero-order chi connectivity index (χ0) is 15.7. The minimum atomic E-state index is 0.643. The second-order valence-electron chi connectivity index (χ2n) is 4.63. The van der Waals surface area contributed by atoms with Gasteiger partial charge in [-0.2, -0.15) is 0 Å². The molecule has 0 aliphatic carbocycles. The van der Waals surface area contributed by atoms with Crippen LogP contribution in [0.2, 0.25) is 0 Å². The molecule has 0 atom stereocenters. The van der Waals surface area contributed by atoms with Gasteiger partial charge in [0.2, 0.25) is 0 Å². The Bertz CT molecular complexity index is 610. The minimum absolute atomic E-state index is 0.643. The first kappa shape index (κ1) is 16.7. The Labute approximate surface area is 127 Å². The Balaban J connectivity index is 2.97. The van der Waals surface area contributed by atoms with Gasteiger partial charge in [0.15, 0.2) is 5.89 Å². The molecule has 1 aromatic rings. The number of oxazole rings is 1. The smallest absolute Gasteiger partial charge is 0.199 e. The lowest BCUT2D eigenvalue weighted by molar-refractivity contribution is 0.481. The fourth-order valence-corrected chi connectivity index (χ4v) is 1.84. The first-order chi connectivity index (χ1) is 10.1. The van der Waals surface area contributed by atoms with Crippen LogP contribution in [0.5, 0.6) is 0 Å². The van der Waals surface area contributed by atoms with E-state index in [1.807, 2.05) is 63.3 Å². The van der Waals surface area contributed by atoms with Crippen LogP contribution >= 0.6 is 0 Å². The second-order valence-corrected chi connectivity index (χ2v) is 4.63. The van der Waals surface area contributed by atoms with E-state index >= 15 is 0 Å². The van der Waals surface area contributed by atoms with Crippen molar-refractivity contribution < 1.29 is 4.42 Å². The highest BCUT2D eigenvalue weighted by Crippen LogP contribution is 2.20. The summed E-state index contributed by atoms with van der Waals surface area (Å²) in [6.45, 7) is 13.4. The zero-order valence-electron chi connectivity index (χ0n) is 13.1. The largest absolute Gasteiger partial charge is 0.445 e. The molecular formula is C19H23NO. The van der Waals surface area contributed by atoms with Crippen molar-refractivity contribution in [2.45, 2.75) is 27.2 Å². The lowest BCUT2D eigenvalue weighted by Gasteiger charge is -1.96. The maximum atomic E-state index is 5.75. The van der Waals surface area contributed by atoms with Gasteiger partial charge >= 0.3 is 0 Å². The quantitative estimate of drug-likeness (QED) is 0.629. The average Bonchev–Trinajstić information content (AvgIpc) is 2.84. The van der Waals surface area contributed by atoms with E-state index in [-0.39, 0.29) is 0 Å². The molecule has 0 spiro atoms. The van der Waals surface area contributed by atoms with Crippen LogP contribution in [0.3, 0.4) is 0 Å². The summed E-state index contributed by atoms with van der Waals surface area (Å²) in [5.41, 5.74) is 3.04. The predicted octanol–water partition coefficient (Wildman–Crippen LogP) is 5.36. The molecule has 0 saturated heterocycles. The van der Waals surface area contributed by atoms with Crippen LogP contribution in [-0.4, -0.2) is 4.98 Å². The molecular weight excluding hydrogens is 258 g/mol. The highest BCUT2D eigenvalue weighted by molar-refractivity contribution is 5.63. The summed E-state index contributed by atoms with van der Waals surface area (Å²) in [7, 11) is 0. The van der Waals surface area contributed by atoms with Crippen molar-refractivity contribution >= 4 is 5.57 Å². The van der Waals surface area contributed by atoms with E-state index in [0.29, 0.717) is 12.3 Å². The first-order valence-electron chi connectivity index (χ1n) is 6.99. The van der Waals surface area contributed by atoms with Crippen molar-refractivity contribution in [3.05, 3.63) is 84.7 Å². The molecule has 110 valence electrons. The molecule has 0 N–H and O–H groups in total. The molecule has 0 aliphatic rings. The number of hydrogen-bond donors (Lipinski definition) is 0. The standard InChI is InChI=1S/C19H23NO/c1-6-9-11-12-15(4)19-16(5)21-18(20-19)14-17(8-3)13-10-7-2/h6-13H,1,3,14H2,2,4-5H3/b10-7-,11-9-,15-12+,17-13+. The molecule has 1 aromatic heterocycles. The number of hydrogen-bond acceptors (Lipinski definition) is 2. The van der Waals surface area contributed by atoms with Crippen molar-refractivity contribution in [1.82, 2.24) is 4.98 Å². The van der Waals surface area contributed by atoms with Gasteiger partial charge in [0, 0.05) is 6.42 Å². The van der Waals surface area contributed by atoms with Gasteiger partial charge in [0.1, 0.15) is 11.5 Å². The molecule has 0 radical (unpaired) electrons. The van der Waals surface area contributed by atoms with Crippen LogP contribution in [0.4, 0.5) is 0 Å². The Morgan fingerprint density at radius 2 is 1.95 bits per heavy atom. The summed E-state index contributed by atoms with van der Waals surface area (Å²) in [6, 6.07) is 0. The third-order valence-electron chi connectivity index (χ3n) is 2.93. The van der Waals surface area contributed by atoms with E-state index in [9.17, 15) is 0 Å². The van der Waals surface area contributed by atoms with Crippen LogP contribution < -0.4 is 0 Å². The molecule has 1 rings (SSSR count). The van der Waals surface area contributed by atoms with Gasteiger partial charge in [-0.25, -0.2) is 4.98 Å². The molecule has 0 aliphatic heterocycles. The van der Waals surface area contributed by atoms with Crippen LogP contribution in [0.25, 0.3) is 5.57 Å². The number of aryl methyl sites for hydroxylation is 1. The Morgan fingerprint density at radius 3 is 2.57 bits per heavy atom. The van der Waals surface area contributed by atoms with Crippen molar-refractivity contribution in [3.8, 4) is 0 Å². The minimum Gasteiger partial charge on any atom is -0.445 e. The Hall–Kier alpha value is -2.35.